The van der Waals surface area contributed by atoms with Crippen LogP contribution in [-0.2, 0) is 17.6 Å². The van der Waals surface area contributed by atoms with Gasteiger partial charge in [-0.3, -0.25) is 4.79 Å². The quantitative estimate of drug-likeness (QED) is 0.473. The molecule has 188 valence electrons. The Kier molecular flexibility index (Phi) is 7.64. The van der Waals surface area contributed by atoms with Gasteiger partial charge in [0, 0.05) is 43.8 Å². The maximum Gasteiger partial charge on any atom is 0.230 e. The highest BCUT2D eigenvalue weighted by Crippen LogP contribution is 2.36. The number of nitrogens with zero attached hydrogens (tertiary/aromatic N) is 4. The lowest BCUT2D eigenvalue weighted by atomic mass is 10.0. The molecule has 36 heavy (non-hydrogen) atoms. The molecule has 3 aromatic rings. The van der Waals surface area contributed by atoms with Gasteiger partial charge in [-0.1, -0.05) is 30.3 Å². The van der Waals surface area contributed by atoms with Gasteiger partial charge in [0.25, 0.3) is 0 Å². The lowest BCUT2D eigenvalue weighted by Crippen LogP contribution is -2.56. The van der Waals surface area contributed by atoms with Crippen molar-refractivity contribution in [3.05, 3.63) is 78.4 Å². The van der Waals surface area contributed by atoms with Crippen LogP contribution in [0.3, 0.4) is 0 Å². The van der Waals surface area contributed by atoms with E-state index in [0.717, 1.165) is 49.5 Å². The molecule has 5 rings (SSSR count). The summed E-state index contributed by atoms with van der Waals surface area (Å²) in [7, 11) is 1.69. The number of carbonyl (C=O) groups is 1. The summed E-state index contributed by atoms with van der Waals surface area (Å²) in [6, 6.07) is 18.4. The summed E-state index contributed by atoms with van der Waals surface area (Å²) in [4.78, 5) is 26.2. The molecule has 1 saturated carbocycles. The molecule has 7 heteroatoms. The zero-order chi connectivity index (χ0) is 24.7. The number of methoxy groups -OCH3 is 1. The van der Waals surface area contributed by atoms with Gasteiger partial charge in [-0.25, -0.2) is 9.97 Å². The predicted octanol–water partition coefficient (Wildman–Crippen LogP) is 4.31. The number of ether oxygens (including phenoxy) is 2. The second-order valence-electron chi connectivity index (χ2n) is 9.58. The Morgan fingerprint density at radius 1 is 0.972 bits per heavy atom. The van der Waals surface area contributed by atoms with Crippen molar-refractivity contribution in [3.63, 3.8) is 0 Å². The summed E-state index contributed by atoms with van der Waals surface area (Å²) in [6.07, 6.45) is 9.27. The van der Waals surface area contributed by atoms with E-state index in [-0.39, 0.29) is 24.5 Å². The molecule has 1 unspecified atom stereocenters. The fourth-order valence-corrected chi connectivity index (χ4v) is 5.28. The highest BCUT2D eigenvalue weighted by Gasteiger charge is 2.31. The lowest BCUT2D eigenvalue weighted by Gasteiger charge is -2.43. The first kappa shape index (κ1) is 24.1. The molecule has 1 aliphatic heterocycles. The molecule has 0 spiro atoms. The van der Waals surface area contributed by atoms with Crippen molar-refractivity contribution < 1.29 is 14.3 Å². The van der Waals surface area contributed by atoms with E-state index >= 15 is 0 Å². The van der Waals surface area contributed by atoms with E-state index < -0.39 is 0 Å². The summed E-state index contributed by atoms with van der Waals surface area (Å²) in [6.45, 7) is 2.14. The highest BCUT2D eigenvalue weighted by atomic mass is 16.5. The lowest BCUT2D eigenvalue weighted by molar-refractivity contribution is -0.133. The number of amides is 1. The second-order valence-corrected chi connectivity index (χ2v) is 9.58. The van der Waals surface area contributed by atoms with Crippen LogP contribution in [0, 0.1) is 0 Å². The zero-order valence-electron chi connectivity index (χ0n) is 20.9. The van der Waals surface area contributed by atoms with Crippen molar-refractivity contribution in [1.82, 2.24) is 14.9 Å². The van der Waals surface area contributed by atoms with Crippen LogP contribution >= 0.6 is 0 Å². The van der Waals surface area contributed by atoms with Crippen LogP contribution in [0.4, 0.5) is 5.69 Å². The first-order valence-corrected chi connectivity index (χ1v) is 12.9. The normalized spacial score (nSPS) is 18.3. The Hall–Kier alpha value is -3.61. The molecule has 2 fully saturated rings. The summed E-state index contributed by atoms with van der Waals surface area (Å²) in [5, 5.41) is 0. The molecule has 0 bridgehead atoms. The van der Waals surface area contributed by atoms with Crippen LogP contribution in [-0.4, -0.2) is 59.7 Å². The molecular formula is C29H34N4O3. The van der Waals surface area contributed by atoms with Crippen LogP contribution in [0.25, 0.3) is 0 Å². The molecule has 2 aliphatic rings. The van der Waals surface area contributed by atoms with Crippen molar-refractivity contribution in [2.75, 3.05) is 31.6 Å². The van der Waals surface area contributed by atoms with Crippen LogP contribution < -0.4 is 14.4 Å². The number of hydrogen-bond donors (Lipinski definition) is 0. The number of rotatable bonds is 8. The smallest absolute Gasteiger partial charge is 0.230 e. The monoisotopic (exact) mass is 486 g/mol. The molecule has 1 aromatic heterocycles. The molecular weight excluding hydrogens is 452 g/mol. The van der Waals surface area contributed by atoms with E-state index in [2.05, 4.69) is 51.3 Å². The minimum absolute atomic E-state index is 0.0404. The first-order chi connectivity index (χ1) is 17.7. The molecule has 0 N–H and O–H groups in total. The fraction of sp³-hybridized carbons (Fsp3) is 0.414. The van der Waals surface area contributed by atoms with Crippen LogP contribution in [0.2, 0.25) is 0 Å². The SMILES string of the molecule is COc1ccc(N2CCN(C(=O)Cc3ncccn3)C(Cc3ccccc3)C2)cc1OC1CCCC1. The number of benzene rings is 2. The van der Waals surface area contributed by atoms with Crippen LogP contribution in [0.1, 0.15) is 37.1 Å². The van der Waals surface area contributed by atoms with E-state index in [9.17, 15) is 4.79 Å². The molecule has 1 aliphatic carbocycles. The van der Waals surface area contributed by atoms with Crippen LogP contribution in [0.5, 0.6) is 11.5 Å². The summed E-state index contributed by atoms with van der Waals surface area (Å²) in [5.41, 5.74) is 2.32. The number of aromatic nitrogens is 2. The van der Waals surface area contributed by atoms with Gasteiger partial charge in [0.15, 0.2) is 11.5 Å². The molecule has 0 radical (unpaired) electrons. The Balaban J connectivity index is 1.35. The topological polar surface area (TPSA) is 67.8 Å². The zero-order valence-corrected chi connectivity index (χ0v) is 20.9. The Morgan fingerprint density at radius 2 is 1.75 bits per heavy atom. The Morgan fingerprint density at radius 3 is 2.50 bits per heavy atom. The summed E-state index contributed by atoms with van der Waals surface area (Å²) >= 11 is 0. The van der Waals surface area contributed by atoms with Crippen molar-refractivity contribution in [1.29, 1.82) is 0 Å². The van der Waals surface area contributed by atoms with Crippen molar-refractivity contribution >= 4 is 11.6 Å². The van der Waals surface area contributed by atoms with Crippen molar-refractivity contribution in [3.8, 4) is 11.5 Å². The number of piperazine rings is 1. The summed E-state index contributed by atoms with van der Waals surface area (Å²) < 4.78 is 11.9. The van der Waals surface area contributed by atoms with Gasteiger partial charge >= 0.3 is 0 Å². The van der Waals surface area contributed by atoms with Gasteiger partial charge < -0.3 is 19.3 Å². The van der Waals surface area contributed by atoms with E-state index in [0.29, 0.717) is 12.4 Å². The maximum atomic E-state index is 13.3. The van der Waals surface area contributed by atoms with Gasteiger partial charge in [-0.2, -0.15) is 0 Å². The molecule has 7 nitrogen and oxygen atoms in total. The molecule has 2 heterocycles. The van der Waals surface area contributed by atoms with Gasteiger partial charge in [0.1, 0.15) is 5.82 Å². The Labute approximate surface area is 213 Å². The minimum Gasteiger partial charge on any atom is -0.493 e. The first-order valence-electron chi connectivity index (χ1n) is 12.9. The predicted molar refractivity (Wildman–Crippen MR) is 139 cm³/mol. The second kappa shape index (κ2) is 11.4. The highest BCUT2D eigenvalue weighted by molar-refractivity contribution is 5.78. The molecule has 2 aromatic carbocycles. The third kappa shape index (κ3) is 5.78. The van der Waals surface area contributed by atoms with Gasteiger partial charge in [0.2, 0.25) is 5.91 Å². The number of anilines is 1. The minimum atomic E-state index is 0.0404. The third-order valence-corrected chi connectivity index (χ3v) is 7.15. The van der Waals surface area contributed by atoms with E-state index in [4.69, 9.17) is 9.47 Å². The summed E-state index contributed by atoms with van der Waals surface area (Å²) in [5.74, 6) is 2.21. The molecule has 1 amide bonds. The number of carbonyl (C=O) groups excluding carboxylic acids is 1. The van der Waals surface area contributed by atoms with E-state index in [1.54, 1.807) is 25.6 Å². The standard InChI is InChI=1S/C29H34N4O3/c1-35-26-13-12-23(19-27(26)36-25-10-5-6-11-25)32-16-17-33(29(34)20-28-30-14-7-15-31-28)24(21-32)18-22-8-3-2-4-9-22/h2-4,7-9,12-15,19,24-25H,5-6,10-11,16-18,20-21H2,1H3. The maximum absolute atomic E-state index is 13.3. The fourth-order valence-electron chi connectivity index (χ4n) is 5.28. The molecule has 1 saturated heterocycles. The van der Waals surface area contributed by atoms with Gasteiger partial charge in [0.05, 0.1) is 25.7 Å². The van der Waals surface area contributed by atoms with Crippen LogP contribution in [0.15, 0.2) is 67.0 Å². The Bertz CT molecular complexity index is 1140. The van der Waals surface area contributed by atoms with E-state index in [1.165, 1.54) is 18.4 Å². The average molecular weight is 487 g/mol. The van der Waals surface area contributed by atoms with E-state index in [1.807, 2.05) is 17.0 Å². The van der Waals surface area contributed by atoms with Gasteiger partial charge in [-0.15, -0.1) is 0 Å². The number of hydrogen-bond acceptors (Lipinski definition) is 6. The largest absolute Gasteiger partial charge is 0.493 e. The third-order valence-electron chi connectivity index (χ3n) is 7.15. The van der Waals surface area contributed by atoms with Crippen molar-refractivity contribution in [2.24, 2.45) is 0 Å². The average Bonchev–Trinajstić information content (AvgIpc) is 3.43. The van der Waals surface area contributed by atoms with Crippen molar-refractivity contribution in [2.45, 2.75) is 50.7 Å². The molecule has 1 atom stereocenters. The van der Waals surface area contributed by atoms with Gasteiger partial charge in [-0.05, 0) is 55.9 Å².